The molecule has 4 aliphatic rings. The van der Waals surface area contributed by atoms with Gasteiger partial charge in [0.25, 0.3) is 0 Å². The van der Waals surface area contributed by atoms with E-state index in [1.54, 1.807) is 29.7 Å². The minimum Gasteiger partial charge on any atom is -0.625 e. The van der Waals surface area contributed by atoms with Crippen LogP contribution < -0.4 is 20.3 Å². The predicted molar refractivity (Wildman–Crippen MR) is 413 cm³/mol. The Kier molecular flexibility index (Phi) is 27.9. The zero-order valence-electron chi connectivity index (χ0n) is 55.8. The third-order valence-corrected chi connectivity index (χ3v) is 20.5. The summed E-state index contributed by atoms with van der Waals surface area (Å²) in [5.41, 5.74) is 17.7. The first-order valence-electron chi connectivity index (χ1n) is 32.5. The maximum atomic E-state index is 14.6. The van der Waals surface area contributed by atoms with Crippen molar-refractivity contribution in [3.63, 3.8) is 0 Å². The van der Waals surface area contributed by atoms with E-state index in [0.29, 0.717) is 11.4 Å². The van der Waals surface area contributed by atoms with Crippen LogP contribution in [0.25, 0.3) is 49.8 Å². The average Bonchev–Trinajstić information content (AvgIpc) is 1.56. The molecule has 13 aromatic rings. The van der Waals surface area contributed by atoms with Gasteiger partial charge in [0.05, 0.1) is 5.04 Å². The third kappa shape index (κ3) is 18.6. The van der Waals surface area contributed by atoms with Crippen molar-refractivity contribution in [2.45, 2.75) is 0 Å². The van der Waals surface area contributed by atoms with Crippen molar-refractivity contribution >= 4 is 68.8 Å². The molecule has 1 unspecified atom stereocenters. The maximum Gasteiger partial charge on any atom is 2.00 e. The first-order valence-corrected chi connectivity index (χ1v) is 35.1. The minimum absolute atomic E-state index is 0. The minimum atomic E-state index is -3.09. The van der Waals surface area contributed by atoms with Crippen LogP contribution in [0, 0.1) is 43.5 Å². The molecular weight excluding hydrogens is 1680 g/mol. The Balaban J connectivity index is 0.000000148. The van der Waals surface area contributed by atoms with Gasteiger partial charge >= 0.3 is 58.4 Å². The number of ether oxygens (including phenoxy) is 1. The number of amidine groups is 1. The molecule has 16 heteroatoms. The van der Waals surface area contributed by atoms with E-state index in [4.69, 9.17) is 9.84 Å². The first kappa shape index (κ1) is 77.0. The van der Waals surface area contributed by atoms with Crippen molar-refractivity contribution < 1.29 is 87.2 Å². The molecular formula is C88H64N8O2PRh4S-. The molecule has 0 spiro atoms. The van der Waals surface area contributed by atoms with E-state index in [1.807, 2.05) is 235 Å². The number of hydrazone groups is 3. The van der Waals surface area contributed by atoms with Gasteiger partial charge in [-0.25, -0.2) is 5.10 Å². The van der Waals surface area contributed by atoms with Crippen LogP contribution in [0.3, 0.4) is 0 Å². The molecule has 0 fully saturated rings. The van der Waals surface area contributed by atoms with Crippen molar-refractivity contribution in [1.82, 2.24) is 4.90 Å². The third-order valence-electron chi connectivity index (χ3n) is 16.6. The zero-order chi connectivity index (χ0) is 67.7. The van der Waals surface area contributed by atoms with Crippen LogP contribution in [-0.4, -0.2) is 34.2 Å². The molecule has 4 heterocycles. The van der Waals surface area contributed by atoms with Crippen molar-refractivity contribution in [3.05, 3.63) is 423 Å². The Hall–Kier alpha value is -9.65. The van der Waals surface area contributed by atoms with Crippen LogP contribution in [0.4, 0.5) is 17.1 Å². The molecule has 0 aromatic heterocycles. The number of rotatable bonds is 13. The van der Waals surface area contributed by atoms with E-state index in [1.165, 1.54) is 33.4 Å². The smallest absolute Gasteiger partial charge is 0.625 e. The number of anilines is 3. The number of para-hydroxylation sites is 3. The summed E-state index contributed by atoms with van der Waals surface area (Å²) in [4.78, 5) is 6.66. The summed E-state index contributed by atoms with van der Waals surface area (Å²) < 4.78 is 20.2. The van der Waals surface area contributed by atoms with Crippen LogP contribution in [0.2, 0.25) is 0 Å². The van der Waals surface area contributed by atoms with Crippen LogP contribution >= 0.6 is 18.9 Å². The van der Waals surface area contributed by atoms with Crippen LogP contribution in [-0.2, 0) is 87.2 Å². The van der Waals surface area contributed by atoms with E-state index in [-0.39, 0.29) is 77.9 Å². The summed E-state index contributed by atoms with van der Waals surface area (Å²) in [6, 6.07) is 128. The van der Waals surface area contributed by atoms with Crippen molar-refractivity contribution in [1.29, 1.82) is 0 Å². The Morgan fingerprint density at radius 1 is 0.375 bits per heavy atom. The predicted octanol–water partition coefficient (Wildman–Crippen LogP) is 20.6. The SMILES string of the molecule is CN1[CH-]N(c2[c-]cccc2)N=C1c1ccc(-c2ccccc2)cc1.O=P1(c2ccccc2)C(c2ccc(-c3ccccc3)cc2)=CN=C1c1[c-]cccc1.[Rh+2].[Rh+2].[Rh+2].[Rh].[c-]1ccccc1N1[CH-]OC(c2ccc(-c3ccccc3)cc2)=N1.[c-]1ccccc1N1[CH-]SC(c2ccc(-c3ccccc3)cc2)=N1. The topological polar surface area (TPSA) is 88.7 Å². The number of nitrogens with zero attached hydrogens (tertiary/aromatic N) is 8. The van der Waals surface area contributed by atoms with Crippen LogP contribution in [0.5, 0.6) is 0 Å². The van der Waals surface area contributed by atoms with Gasteiger partial charge < -0.3 is 29.2 Å². The fourth-order valence-corrected chi connectivity index (χ4v) is 15.0. The second kappa shape index (κ2) is 37.7. The van der Waals surface area contributed by atoms with Gasteiger partial charge in [0.2, 0.25) is 5.90 Å². The summed E-state index contributed by atoms with van der Waals surface area (Å²) in [6.45, 7) is 3.55. The quantitative estimate of drug-likeness (QED) is 0.0645. The molecule has 516 valence electrons. The molecule has 0 saturated carbocycles. The molecule has 0 bridgehead atoms. The molecule has 17 rings (SSSR count). The molecule has 4 aliphatic heterocycles. The van der Waals surface area contributed by atoms with Gasteiger partial charge in [0.15, 0.2) is 7.14 Å². The zero-order valence-corrected chi connectivity index (χ0v) is 64.1. The second-order valence-electron chi connectivity index (χ2n) is 23.1. The number of hydrogen-bond acceptors (Lipinski definition) is 11. The second-order valence-corrected chi connectivity index (χ2v) is 26.6. The summed E-state index contributed by atoms with van der Waals surface area (Å²) in [5, 5.41) is 21.8. The Labute approximate surface area is 665 Å². The number of hydrogen-bond donors (Lipinski definition) is 0. The molecule has 0 saturated heterocycles. The first-order chi connectivity index (χ1) is 49.4. The van der Waals surface area contributed by atoms with Gasteiger partial charge in [-0.2, -0.15) is 88.9 Å². The van der Waals surface area contributed by atoms with Gasteiger partial charge in [-0.1, -0.05) is 260 Å². The molecule has 10 nitrogen and oxygen atoms in total. The number of aliphatic imine (C=N–C) groups is 1. The molecule has 0 amide bonds. The van der Waals surface area contributed by atoms with Crippen LogP contribution in [0.15, 0.2) is 372 Å². The Morgan fingerprint density at radius 3 is 1.19 bits per heavy atom. The summed E-state index contributed by atoms with van der Waals surface area (Å²) in [5.74, 6) is 3.51. The van der Waals surface area contributed by atoms with Crippen molar-refractivity contribution in [3.8, 4) is 44.5 Å². The molecule has 104 heavy (non-hydrogen) atoms. The number of thioether (sulfide) groups is 1. The summed E-state index contributed by atoms with van der Waals surface area (Å²) in [6.07, 6.45) is 1.77. The van der Waals surface area contributed by atoms with Crippen molar-refractivity contribution in [2.24, 2.45) is 20.3 Å². The van der Waals surface area contributed by atoms with Gasteiger partial charge in [-0.15, -0.1) is 60.8 Å². The molecule has 1 atom stereocenters. The normalized spacial score (nSPS) is 14.5. The summed E-state index contributed by atoms with van der Waals surface area (Å²) in [7, 11) is -1.09. The Bertz CT molecular complexity index is 4900. The van der Waals surface area contributed by atoms with E-state index in [9.17, 15) is 4.57 Å². The van der Waals surface area contributed by atoms with E-state index in [0.717, 1.165) is 77.5 Å². The summed E-state index contributed by atoms with van der Waals surface area (Å²) >= 11 is 1.63. The molecule has 13 aromatic carbocycles. The van der Waals surface area contributed by atoms with Gasteiger partial charge in [-0.05, 0) is 69.3 Å². The van der Waals surface area contributed by atoms with Gasteiger partial charge in [0.1, 0.15) is 5.84 Å². The number of benzene rings is 13. The fourth-order valence-electron chi connectivity index (χ4n) is 11.4. The van der Waals surface area contributed by atoms with Crippen molar-refractivity contribution in [2.75, 3.05) is 22.1 Å². The molecule has 0 N–H and O–H groups in total. The van der Waals surface area contributed by atoms with E-state index >= 15 is 0 Å². The maximum absolute atomic E-state index is 14.6. The monoisotopic (exact) mass is 1740 g/mol. The Morgan fingerprint density at radius 2 is 0.750 bits per heavy atom. The molecule has 4 radical (unpaired) electrons. The van der Waals surface area contributed by atoms with Gasteiger partial charge in [0, 0.05) is 58.4 Å². The van der Waals surface area contributed by atoms with E-state index < -0.39 is 7.14 Å². The molecule has 0 aliphatic carbocycles. The fraction of sp³-hybridized carbons (Fsp3) is 0.0114. The van der Waals surface area contributed by atoms with E-state index in [2.05, 4.69) is 185 Å². The van der Waals surface area contributed by atoms with Gasteiger partial charge in [-0.3, -0.25) is 16.8 Å². The average molecular weight is 1740 g/mol. The van der Waals surface area contributed by atoms with Crippen LogP contribution in [0.1, 0.15) is 27.8 Å². The standard InChI is InChI=1S/C27H19NOP.C21H17N3.C20H14N2O.C20H14N2S.4Rh/c29-30(25-14-8-3-9-15-25)26(20-28-27(30)24-12-6-2-7-13-24)23-18-16-22(17-19-23)21-10-4-1-5-11-21;1-23-16-24(20-10-6-3-7-11-20)22-21(23)19-14-12-18(13-15-19)17-8-4-2-5-9-17;2*1-3-7-16(8-4-1)17-11-13-18(14-12-17)20-21-22(15-23-20)19-9-5-2-6-10-19;;;;/h1-12,14-20H;2-10,12-16H,1H3;2*1-9,11-15H;;;;/q-1;3*-2;;3*+2. The largest absolute Gasteiger partial charge is 2.00 e.